The zero-order chi connectivity index (χ0) is 12.7. The fraction of sp³-hybridized carbons (Fsp3) is 0.455. The molecule has 6 heteroatoms. The minimum Gasteiger partial charge on any atom is -0.311 e. The molecule has 0 aromatic carbocycles. The van der Waals surface area contributed by atoms with E-state index < -0.39 is 5.92 Å². The van der Waals surface area contributed by atoms with Gasteiger partial charge in [0, 0.05) is 13.0 Å². The zero-order valence-electron chi connectivity index (χ0n) is 9.77. The lowest BCUT2D eigenvalue weighted by Gasteiger charge is -2.11. The van der Waals surface area contributed by atoms with Crippen LogP contribution in [0.1, 0.15) is 25.5 Å². The molecule has 1 aromatic heterocycles. The smallest absolute Gasteiger partial charge is 0.243 e. The van der Waals surface area contributed by atoms with E-state index in [1.807, 2.05) is 0 Å². The van der Waals surface area contributed by atoms with Gasteiger partial charge in [0.05, 0.1) is 17.6 Å². The molecule has 0 aliphatic carbocycles. The average molecular weight is 254 g/mol. The first-order valence-electron chi connectivity index (χ1n) is 5.27. The molecule has 1 aliphatic heterocycles. The quantitative estimate of drug-likeness (QED) is 0.591. The summed E-state index contributed by atoms with van der Waals surface area (Å²) in [7, 11) is 1.60. The molecule has 0 N–H and O–H groups in total. The second kappa shape index (κ2) is 4.07. The number of rotatable bonds is 2. The molecular formula is C11H12ClN3O2. The zero-order valence-corrected chi connectivity index (χ0v) is 10.5. The number of hydrogen-bond acceptors (Lipinski definition) is 4. The first-order valence-corrected chi connectivity index (χ1v) is 5.65. The Labute approximate surface area is 104 Å². The van der Waals surface area contributed by atoms with Crippen LogP contribution in [0.15, 0.2) is 6.20 Å². The number of nitrogens with zero attached hydrogens (tertiary/aromatic N) is 3. The van der Waals surface area contributed by atoms with E-state index in [1.165, 1.54) is 11.1 Å². The third-order valence-corrected chi connectivity index (χ3v) is 3.02. The van der Waals surface area contributed by atoms with Crippen LogP contribution in [0.2, 0.25) is 5.28 Å². The molecule has 90 valence electrons. The molecule has 1 unspecified atom stereocenters. The number of halogens is 1. The van der Waals surface area contributed by atoms with E-state index in [0.29, 0.717) is 11.4 Å². The van der Waals surface area contributed by atoms with Gasteiger partial charge < -0.3 is 4.90 Å². The molecule has 0 radical (unpaired) electrons. The lowest BCUT2D eigenvalue weighted by Crippen LogP contribution is -2.30. The highest BCUT2D eigenvalue weighted by molar-refractivity contribution is 6.28. The highest BCUT2D eigenvalue weighted by atomic mass is 35.5. The molecule has 1 atom stereocenters. The molecule has 5 nitrogen and oxygen atoms in total. The Morgan fingerprint density at radius 3 is 2.76 bits per heavy atom. The van der Waals surface area contributed by atoms with Gasteiger partial charge in [-0.05, 0) is 11.6 Å². The van der Waals surface area contributed by atoms with E-state index in [1.54, 1.807) is 20.9 Å². The van der Waals surface area contributed by atoms with Crippen LogP contribution < -0.4 is 4.90 Å². The molecule has 1 amide bonds. The Balaban J connectivity index is 2.53. The van der Waals surface area contributed by atoms with Gasteiger partial charge in [-0.1, -0.05) is 13.8 Å². The predicted octanol–water partition coefficient (Wildman–Crippen LogP) is 1.42. The van der Waals surface area contributed by atoms with Crippen LogP contribution in [0, 0.1) is 5.92 Å². The number of carbonyl (C=O) groups excluding carboxylic acids is 2. The number of anilines is 1. The first-order chi connectivity index (χ1) is 7.93. The second-order valence-corrected chi connectivity index (χ2v) is 4.63. The highest BCUT2D eigenvalue weighted by Crippen LogP contribution is 2.36. The van der Waals surface area contributed by atoms with Crippen LogP contribution in [0.5, 0.6) is 0 Å². The van der Waals surface area contributed by atoms with Crippen molar-refractivity contribution >= 4 is 29.0 Å². The van der Waals surface area contributed by atoms with Crippen LogP contribution in [-0.4, -0.2) is 28.7 Å². The topological polar surface area (TPSA) is 63.2 Å². The Bertz CT molecular complexity index is 493. The van der Waals surface area contributed by atoms with Gasteiger partial charge >= 0.3 is 0 Å². The summed E-state index contributed by atoms with van der Waals surface area (Å²) in [4.78, 5) is 33.3. The number of hydrogen-bond donors (Lipinski definition) is 0. The fourth-order valence-corrected chi connectivity index (χ4v) is 2.00. The van der Waals surface area contributed by atoms with Crippen molar-refractivity contribution in [1.82, 2.24) is 9.97 Å². The molecule has 2 rings (SSSR count). The van der Waals surface area contributed by atoms with E-state index in [9.17, 15) is 9.59 Å². The Morgan fingerprint density at radius 1 is 1.53 bits per heavy atom. The highest BCUT2D eigenvalue weighted by Gasteiger charge is 2.42. The Morgan fingerprint density at radius 2 is 2.18 bits per heavy atom. The maximum Gasteiger partial charge on any atom is 0.243 e. The molecular weight excluding hydrogens is 242 g/mol. The number of amides is 1. The minimum absolute atomic E-state index is 0.0495. The van der Waals surface area contributed by atoms with Crippen LogP contribution >= 0.6 is 11.6 Å². The van der Waals surface area contributed by atoms with Gasteiger partial charge in [-0.15, -0.1) is 0 Å². The number of aromatic nitrogens is 2. The van der Waals surface area contributed by atoms with Gasteiger partial charge in [-0.3, -0.25) is 9.59 Å². The number of carbonyl (C=O) groups is 2. The summed E-state index contributed by atoms with van der Waals surface area (Å²) in [5.41, 5.74) is 0.967. The molecule has 0 saturated heterocycles. The van der Waals surface area contributed by atoms with Gasteiger partial charge in [0.2, 0.25) is 11.2 Å². The van der Waals surface area contributed by atoms with Crippen LogP contribution in [0.25, 0.3) is 0 Å². The summed E-state index contributed by atoms with van der Waals surface area (Å²) in [5.74, 6) is -1.47. The predicted molar refractivity (Wildman–Crippen MR) is 63.0 cm³/mol. The number of likely N-dealkylation sites (N-methyl/N-ethyl adjacent to an activating group) is 1. The van der Waals surface area contributed by atoms with E-state index in [0.717, 1.165) is 0 Å². The normalized spacial score (nSPS) is 18.8. The van der Waals surface area contributed by atoms with Crippen LogP contribution in [0.3, 0.4) is 0 Å². The fourth-order valence-electron chi connectivity index (χ4n) is 1.86. The standard InChI is InChI=1S/C11H12ClN3O2/c1-5(2)9(16)7-8-6(15(3)10(7)17)4-13-11(12)14-8/h4-5,7H,1-3H3. The van der Waals surface area contributed by atoms with Crippen molar-refractivity contribution < 1.29 is 9.59 Å². The summed E-state index contributed by atoms with van der Waals surface area (Å²) in [6, 6.07) is 0. The van der Waals surface area contributed by atoms with Crippen molar-refractivity contribution in [2.45, 2.75) is 19.8 Å². The molecule has 0 bridgehead atoms. The van der Waals surface area contributed by atoms with Crippen LogP contribution in [-0.2, 0) is 9.59 Å². The summed E-state index contributed by atoms with van der Waals surface area (Å²) in [6.45, 7) is 3.52. The van der Waals surface area contributed by atoms with Crippen molar-refractivity contribution in [3.8, 4) is 0 Å². The monoisotopic (exact) mass is 253 g/mol. The van der Waals surface area contributed by atoms with Crippen LogP contribution in [0.4, 0.5) is 5.69 Å². The summed E-state index contributed by atoms with van der Waals surface area (Å²) in [6.07, 6.45) is 1.47. The second-order valence-electron chi connectivity index (χ2n) is 4.30. The summed E-state index contributed by atoms with van der Waals surface area (Å²) >= 11 is 5.71. The molecule has 0 fully saturated rings. The van der Waals surface area contributed by atoms with Gasteiger partial charge in [0.1, 0.15) is 5.92 Å². The van der Waals surface area contributed by atoms with Gasteiger partial charge in [0.25, 0.3) is 0 Å². The Kier molecular flexibility index (Phi) is 2.87. The van der Waals surface area contributed by atoms with Crippen molar-refractivity contribution in [3.05, 3.63) is 17.2 Å². The maximum absolute atomic E-state index is 12.0. The minimum atomic E-state index is -0.838. The summed E-state index contributed by atoms with van der Waals surface area (Å²) < 4.78 is 0. The van der Waals surface area contributed by atoms with Crippen molar-refractivity contribution in [2.75, 3.05) is 11.9 Å². The van der Waals surface area contributed by atoms with Crippen molar-refractivity contribution in [1.29, 1.82) is 0 Å². The number of fused-ring (bicyclic) bond motifs is 1. The van der Waals surface area contributed by atoms with Crippen molar-refractivity contribution in [3.63, 3.8) is 0 Å². The van der Waals surface area contributed by atoms with E-state index in [-0.39, 0.29) is 22.9 Å². The van der Waals surface area contributed by atoms with Gasteiger partial charge in [-0.2, -0.15) is 0 Å². The van der Waals surface area contributed by atoms with Crippen molar-refractivity contribution in [2.24, 2.45) is 5.92 Å². The SMILES string of the molecule is CC(C)C(=O)C1C(=O)N(C)c2cnc(Cl)nc21. The largest absolute Gasteiger partial charge is 0.311 e. The molecule has 0 spiro atoms. The molecule has 17 heavy (non-hydrogen) atoms. The lowest BCUT2D eigenvalue weighted by molar-refractivity contribution is -0.130. The van der Waals surface area contributed by atoms with Gasteiger partial charge in [-0.25, -0.2) is 9.97 Å². The summed E-state index contributed by atoms with van der Waals surface area (Å²) in [5, 5.41) is 0.0495. The number of Topliss-reactive ketones (excluding diaryl/α,β-unsaturated/α-hetero) is 1. The van der Waals surface area contributed by atoms with E-state index in [2.05, 4.69) is 9.97 Å². The number of ketones is 1. The lowest BCUT2D eigenvalue weighted by atomic mass is 9.93. The molecule has 0 saturated carbocycles. The average Bonchev–Trinajstić information content (AvgIpc) is 2.50. The third kappa shape index (κ3) is 1.80. The third-order valence-electron chi connectivity index (χ3n) is 2.83. The first kappa shape index (κ1) is 12.0. The molecule has 1 aromatic rings. The maximum atomic E-state index is 12.0. The van der Waals surface area contributed by atoms with E-state index >= 15 is 0 Å². The Hall–Kier alpha value is -1.49. The molecule has 2 heterocycles. The van der Waals surface area contributed by atoms with E-state index in [4.69, 9.17) is 11.6 Å². The van der Waals surface area contributed by atoms with Gasteiger partial charge in [0.15, 0.2) is 5.78 Å². The molecule has 1 aliphatic rings.